The van der Waals surface area contributed by atoms with E-state index in [4.69, 9.17) is 0 Å². The maximum atomic E-state index is 4.42. The van der Waals surface area contributed by atoms with Gasteiger partial charge in [-0.1, -0.05) is 30.0 Å². The maximum Gasteiger partial charge on any atom is 0.196 e. The van der Waals surface area contributed by atoms with Crippen LogP contribution in [0.2, 0.25) is 0 Å². The molecule has 0 atom stereocenters. The minimum Gasteiger partial charge on any atom is -0.270 e. The molecule has 6 heteroatoms. The summed E-state index contributed by atoms with van der Waals surface area (Å²) in [5.74, 6) is 1.59. The Labute approximate surface area is 149 Å². The predicted octanol–water partition coefficient (Wildman–Crippen LogP) is 4.02. The highest BCUT2D eigenvalue weighted by Gasteiger charge is 2.16. The van der Waals surface area contributed by atoms with Crippen LogP contribution in [0.1, 0.15) is 5.56 Å². The minimum atomic E-state index is 0.788. The second-order valence-electron chi connectivity index (χ2n) is 5.36. The average Bonchev–Trinajstić information content (AvgIpc) is 3.12. The Morgan fingerprint density at radius 1 is 0.800 bits per heavy atom. The maximum absolute atomic E-state index is 4.42. The highest BCUT2D eigenvalue weighted by Crippen LogP contribution is 2.29. The number of hydrogen-bond donors (Lipinski definition) is 0. The van der Waals surface area contributed by atoms with Crippen LogP contribution in [0.3, 0.4) is 0 Å². The van der Waals surface area contributed by atoms with Gasteiger partial charge >= 0.3 is 0 Å². The van der Waals surface area contributed by atoms with Crippen molar-refractivity contribution in [3.63, 3.8) is 0 Å². The van der Waals surface area contributed by atoms with Crippen LogP contribution >= 0.6 is 11.8 Å². The van der Waals surface area contributed by atoms with Gasteiger partial charge in [-0.25, -0.2) is 0 Å². The summed E-state index contributed by atoms with van der Waals surface area (Å²) in [5.41, 5.74) is 3.17. The fourth-order valence-electron chi connectivity index (χ4n) is 2.48. The first-order chi connectivity index (χ1) is 12.4. The molecule has 1 aromatic carbocycles. The smallest absolute Gasteiger partial charge is 0.196 e. The highest BCUT2D eigenvalue weighted by atomic mass is 32.2. The fourth-order valence-corrected chi connectivity index (χ4v) is 3.39. The zero-order chi connectivity index (χ0) is 16.9. The van der Waals surface area contributed by atoms with E-state index in [0.717, 1.165) is 28.0 Å². The lowest BCUT2D eigenvalue weighted by Gasteiger charge is -2.10. The molecule has 0 fully saturated rings. The van der Waals surface area contributed by atoms with Gasteiger partial charge in [0, 0.05) is 41.8 Å². The topological polar surface area (TPSA) is 56.5 Å². The van der Waals surface area contributed by atoms with E-state index in [9.17, 15) is 0 Å². The summed E-state index contributed by atoms with van der Waals surface area (Å²) in [4.78, 5) is 8.26. The van der Waals surface area contributed by atoms with Gasteiger partial charge in [-0.3, -0.25) is 14.5 Å². The lowest BCUT2D eigenvalue weighted by molar-refractivity contribution is 0.885. The third kappa shape index (κ3) is 3.44. The Hall–Kier alpha value is -2.99. The van der Waals surface area contributed by atoms with E-state index < -0.39 is 0 Å². The van der Waals surface area contributed by atoms with E-state index >= 15 is 0 Å². The molecule has 3 aromatic heterocycles. The number of para-hydroxylation sites is 1. The van der Waals surface area contributed by atoms with Crippen molar-refractivity contribution in [2.24, 2.45) is 0 Å². The van der Waals surface area contributed by atoms with Gasteiger partial charge in [0.1, 0.15) is 0 Å². The second-order valence-corrected chi connectivity index (χ2v) is 6.31. The number of rotatable bonds is 5. The average molecular weight is 345 g/mol. The van der Waals surface area contributed by atoms with Crippen molar-refractivity contribution in [3.8, 4) is 17.1 Å². The summed E-state index contributed by atoms with van der Waals surface area (Å²) in [7, 11) is 0. The van der Waals surface area contributed by atoms with Gasteiger partial charge in [0.25, 0.3) is 0 Å². The SMILES string of the molecule is c1ccc(-n2c(SCc3ccncc3)nnc2-c2cccnc2)cc1. The van der Waals surface area contributed by atoms with Gasteiger partial charge in [-0.2, -0.15) is 0 Å². The van der Waals surface area contributed by atoms with E-state index in [1.807, 2.05) is 42.5 Å². The number of hydrogen-bond acceptors (Lipinski definition) is 5. The molecule has 0 N–H and O–H groups in total. The second kappa shape index (κ2) is 7.27. The number of thioether (sulfide) groups is 1. The molecule has 25 heavy (non-hydrogen) atoms. The van der Waals surface area contributed by atoms with Crippen LogP contribution in [0, 0.1) is 0 Å². The van der Waals surface area contributed by atoms with Gasteiger partial charge in [-0.15, -0.1) is 10.2 Å². The van der Waals surface area contributed by atoms with Gasteiger partial charge in [0.05, 0.1) is 0 Å². The summed E-state index contributed by atoms with van der Waals surface area (Å²) in [5, 5.41) is 9.68. The van der Waals surface area contributed by atoms with E-state index in [0.29, 0.717) is 0 Å². The van der Waals surface area contributed by atoms with Crippen LogP contribution in [0.15, 0.2) is 84.5 Å². The summed E-state index contributed by atoms with van der Waals surface area (Å²) in [6.45, 7) is 0. The molecule has 0 saturated heterocycles. The third-order valence-corrected chi connectivity index (χ3v) is 4.68. The molecule has 3 heterocycles. The van der Waals surface area contributed by atoms with Crippen LogP contribution in [0.5, 0.6) is 0 Å². The monoisotopic (exact) mass is 345 g/mol. The number of pyridine rings is 2. The molecule has 0 aliphatic carbocycles. The molecular formula is C19H15N5S. The van der Waals surface area contributed by atoms with Crippen molar-refractivity contribution in [1.82, 2.24) is 24.7 Å². The Morgan fingerprint density at radius 3 is 2.40 bits per heavy atom. The van der Waals surface area contributed by atoms with Crippen LogP contribution in [-0.2, 0) is 5.75 Å². The minimum absolute atomic E-state index is 0.788. The third-order valence-electron chi connectivity index (χ3n) is 3.68. The molecule has 0 aliphatic heterocycles. The van der Waals surface area contributed by atoms with Gasteiger partial charge in [0.15, 0.2) is 11.0 Å². The first-order valence-corrected chi connectivity index (χ1v) is 8.83. The van der Waals surface area contributed by atoms with E-state index in [1.54, 1.807) is 36.5 Å². The summed E-state index contributed by atoms with van der Waals surface area (Å²) < 4.78 is 2.07. The molecule has 0 radical (unpaired) electrons. The van der Waals surface area contributed by atoms with Gasteiger partial charge in [0.2, 0.25) is 0 Å². The van der Waals surface area contributed by atoms with Crippen molar-refractivity contribution in [2.75, 3.05) is 0 Å². The molecule has 0 saturated carbocycles. The zero-order valence-corrected chi connectivity index (χ0v) is 14.2. The first kappa shape index (κ1) is 15.5. The van der Waals surface area contributed by atoms with E-state index in [2.05, 4.69) is 36.9 Å². The van der Waals surface area contributed by atoms with Crippen molar-refractivity contribution in [3.05, 3.63) is 84.9 Å². The quantitative estimate of drug-likeness (QED) is 0.511. The van der Waals surface area contributed by atoms with Gasteiger partial charge in [-0.05, 0) is 42.0 Å². The Balaban J connectivity index is 1.73. The van der Waals surface area contributed by atoms with Gasteiger partial charge < -0.3 is 0 Å². The van der Waals surface area contributed by atoms with Crippen LogP contribution in [0.4, 0.5) is 0 Å². The van der Waals surface area contributed by atoms with Crippen molar-refractivity contribution in [1.29, 1.82) is 0 Å². The van der Waals surface area contributed by atoms with Crippen molar-refractivity contribution < 1.29 is 0 Å². The molecule has 4 aromatic rings. The molecule has 122 valence electrons. The lowest BCUT2D eigenvalue weighted by Crippen LogP contribution is -1.99. The van der Waals surface area contributed by atoms with Crippen LogP contribution in [0.25, 0.3) is 17.1 Å². The molecule has 0 bridgehead atoms. The zero-order valence-electron chi connectivity index (χ0n) is 13.4. The Kier molecular flexibility index (Phi) is 4.52. The summed E-state index contributed by atoms with van der Waals surface area (Å²) >= 11 is 1.65. The van der Waals surface area contributed by atoms with Crippen molar-refractivity contribution in [2.45, 2.75) is 10.9 Å². The predicted molar refractivity (Wildman–Crippen MR) is 98.4 cm³/mol. The molecular weight excluding hydrogens is 330 g/mol. The molecule has 5 nitrogen and oxygen atoms in total. The highest BCUT2D eigenvalue weighted by molar-refractivity contribution is 7.98. The number of nitrogens with zero attached hydrogens (tertiary/aromatic N) is 5. The summed E-state index contributed by atoms with van der Waals surface area (Å²) in [6.07, 6.45) is 7.17. The normalized spacial score (nSPS) is 10.7. The molecule has 0 aliphatic rings. The van der Waals surface area contributed by atoms with Crippen molar-refractivity contribution >= 4 is 11.8 Å². The first-order valence-electron chi connectivity index (χ1n) is 7.85. The van der Waals surface area contributed by atoms with Crippen LogP contribution in [-0.4, -0.2) is 24.7 Å². The number of benzene rings is 1. The Morgan fingerprint density at radius 2 is 1.64 bits per heavy atom. The molecule has 0 unspecified atom stereocenters. The standard InChI is InChI=1S/C19H15N5S/c1-2-6-17(7-3-1)24-18(16-5-4-10-21-13-16)22-23-19(24)25-14-15-8-11-20-12-9-15/h1-13H,14H2. The molecule has 0 spiro atoms. The largest absolute Gasteiger partial charge is 0.270 e. The number of aromatic nitrogens is 5. The fraction of sp³-hybridized carbons (Fsp3) is 0.0526. The van der Waals surface area contributed by atoms with E-state index in [1.165, 1.54) is 5.56 Å². The van der Waals surface area contributed by atoms with E-state index in [-0.39, 0.29) is 0 Å². The Bertz CT molecular complexity index is 939. The van der Waals surface area contributed by atoms with Crippen LogP contribution < -0.4 is 0 Å². The lowest BCUT2D eigenvalue weighted by atomic mass is 10.2. The molecule has 4 rings (SSSR count). The summed E-state index contributed by atoms with van der Waals surface area (Å²) in [6, 6.07) is 18.1. The molecule has 0 amide bonds.